The van der Waals surface area contributed by atoms with Gasteiger partial charge in [0.05, 0.1) is 13.5 Å². The number of thiophene rings is 1. The summed E-state index contributed by atoms with van der Waals surface area (Å²) in [5.74, 6) is 0.147. The average molecular weight is 521 g/mol. The summed E-state index contributed by atoms with van der Waals surface area (Å²) in [6.07, 6.45) is 0.223. The molecule has 184 valence electrons. The molecule has 2 atom stereocenters. The van der Waals surface area contributed by atoms with Crippen molar-refractivity contribution in [2.24, 2.45) is 0 Å². The maximum atomic E-state index is 13.4. The van der Waals surface area contributed by atoms with Crippen LogP contribution in [0.3, 0.4) is 0 Å². The highest BCUT2D eigenvalue weighted by Crippen LogP contribution is 2.43. The third kappa shape index (κ3) is 4.89. The van der Waals surface area contributed by atoms with E-state index >= 15 is 0 Å². The summed E-state index contributed by atoms with van der Waals surface area (Å²) in [5, 5.41) is 4.41. The van der Waals surface area contributed by atoms with Crippen molar-refractivity contribution in [1.29, 1.82) is 0 Å². The van der Waals surface area contributed by atoms with Crippen LogP contribution in [0, 0.1) is 0 Å². The van der Waals surface area contributed by atoms with Crippen molar-refractivity contribution in [2.45, 2.75) is 24.4 Å². The fourth-order valence-electron chi connectivity index (χ4n) is 4.20. The zero-order valence-corrected chi connectivity index (χ0v) is 21.1. The molecule has 0 saturated carbocycles. The Hall–Kier alpha value is -3.56. The Balaban J connectivity index is 1.35. The third-order valence-corrected chi connectivity index (χ3v) is 8.20. The molecule has 1 fully saturated rings. The second-order valence-corrected chi connectivity index (χ2v) is 10.5. The van der Waals surface area contributed by atoms with E-state index in [1.165, 1.54) is 28.0 Å². The summed E-state index contributed by atoms with van der Waals surface area (Å²) in [6, 6.07) is 19.9. The van der Waals surface area contributed by atoms with Crippen LogP contribution in [0.15, 0.2) is 77.8 Å². The number of hydrogen-bond acceptors (Lipinski definition) is 7. The van der Waals surface area contributed by atoms with Gasteiger partial charge in [0.25, 0.3) is 5.91 Å². The van der Waals surface area contributed by atoms with E-state index in [0.29, 0.717) is 11.5 Å². The second-order valence-electron chi connectivity index (χ2n) is 8.33. The maximum Gasteiger partial charge on any atom is 0.355 e. The second kappa shape index (κ2) is 10.6. The molecule has 9 heteroatoms. The Morgan fingerprint density at radius 2 is 1.83 bits per heavy atom. The molecule has 3 heterocycles. The highest BCUT2D eigenvalue weighted by Gasteiger charge is 2.54. The first-order chi connectivity index (χ1) is 17.5. The van der Waals surface area contributed by atoms with Crippen molar-refractivity contribution < 1.29 is 23.9 Å². The smallest absolute Gasteiger partial charge is 0.355 e. The predicted octanol–water partition coefficient (Wildman–Crippen LogP) is 3.85. The Morgan fingerprint density at radius 3 is 2.53 bits per heavy atom. The molecule has 36 heavy (non-hydrogen) atoms. The molecular formula is C27H24N2O5S2. The number of benzene rings is 2. The van der Waals surface area contributed by atoms with Crippen LogP contribution in [0.4, 0.5) is 0 Å². The summed E-state index contributed by atoms with van der Waals surface area (Å²) in [4.78, 5) is 41.5. The number of hydrogen-bond donors (Lipinski definition) is 1. The summed E-state index contributed by atoms with van der Waals surface area (Å²) in [7, 11) is 1.59. The number of nitrogens with zero attached hydrogens (tertiary/aromatic N) is 1. The molecular weight excluding hydrogens is 496 g/mol. The number of nitrogens with one attached hydrogen (secondary N) is 1. The highest BCUT2D eigenvalue weighted by atomic mass is 32.2. The monoisotopic (exact) mass is 520 g/mol. The van der Waals surface area contributed by atoms with Gasteiger partial charge in [-0.05, 0) is 34.7 Å². The molecule has 2 aromatic carbocycles. The molecule has 3 aromatic rings. The number of amides is 2. The van der Waals surface area contributed by atoms with E-state index in [1.807, 2.05) is 60.0 Å². The van der Waals surface area contributed by atoms with Crippen molar-refractivity contribution in [2.75, 3.05) is 12.9 Å². The van der Waals surface area contributed by atoms with Gasteiger partial charge in [-0.25, -0.2) is 4.79 Å². The molecule has 0 unspecified atom stereocenters. The molecule has 0 bridgehead atoms. The summed E-state index contributed by atoms with van der Waals surface area (Å²) in [6.45, 7) is 0.0647. The fourth-order valence-corrected chi connectivity index (χ4v) is 6.28. The number of β-lactam (4-membered cyclic amide) rings is 1. The van der Waals surface area contributed by atoms with Gasteiger partial charge in [0.15, 0.2) is 0 Å². The van der Waals surface area contributed by atoms with Crippen LogP contribution in [-0.2, 0) is 32.1 Å². The van der Waals surface area contributed by atoms with E-state index in [4.69, 9.17) is 9.47 Å². The summed E-state index contributed by atoms with van der Waals surface area (Å²) in [5.41, 5.74) is 2.65. The molecule has 1 N–H and O–H groups in total. The van der Waals surface area contributed by atoms with E-state index in [9.17, 15) is 14.4 Å². The number of ether oxygens (including phenoxy) is 2. The molecule has 2 amide bonds. The van der Waals surface area contributed by atoms with E-state index in [-0.39, 0.29) is 35.9 Å². The maximum absolute atomic E-state index is 13.4. The number of esters is 1. The number of carbonyl (C=O) groups excluding carboxylic acids is 3. The third-order valence-electron chi connectivity index (χ3n) is 6.04. The topological polar surface area (TPSA) is 84.9 Å². The fraction of sp³-hybridized carbons (Fsp3) is 0.222. The van der Waals surface area contributed by atoms with E-state index in [1.54, 1.807) is 19.2 Å². The molecule has 7 nitrogen and oxygen atoms in total. The van der Waals surface area contributed by atoms with Gasteiger partial charge >= 0.3 is 5.97 Å². The van der Waals surface area contributed by atoms with Crippen molar-refractivity contribution in [3.05, 3.63) is 93.8 Å². The molecule has 2 aliphatic heterocycles. The van der Waals surface area contributed by atoms with Gasteiger partial charge in [-0.3, -0.25) is 14.5 Å². The zero-order chi connectivity index (χ0) is 25.1. The minimum atomic E-state index is -0.677. The largest absolute Gasteiger partial charge is 0.497 e. The number of rotatable bonds is 8. The van der Waals surface area contributed by atoms with Crippen molar-refractivity contribution in [3.8, 4) is 5.75 Å². The van der Waals surface area contributed by atoms with E-state index in [0.717, 1.165) is 21.6 Å². The number of carbonyl (C=O) groups is 3. The molecule has 1 aromatic heterocycles. The van der Waals surface area contributed by atoms with Gasteiger partial charge < -0.3 is 14.8 Å². The van der Waals surface area contributed by atoms with Crippen molar-refractivity contribution in [1.82, 2.24) is 10.2 Å². The van der Waals surface area contributed by atoms with Gasteiger partial charge in [0, 0.05) is 16.2 Å². The SMILES string of the molecule is COc1ccc(COC(=O)C2=C(c3ccccc3)CS[C@H]3[C@H](NC(=O)Cc4cccs4)C(=O)N23)cc1. The molecule has 5 rings (SSSR count). The minimum absolute atomic E-state index is 0.0647. The van der Waals surface area contributed by atoms with Crippen LogP contribution >= 0.6 is 23.1 Å². The Bertz CT molecular complexity index is 1290. The first kappa shape index (κ1) is 24.1. The van der Waals surface area contributed by atoms with Crippen LogP contribution < -0.4 is 10.1 Å². The van der Waals surface area contributed by atoms with Crippen LogP contribution in [0.2, 0.25) is 0 Å². The van der Waals surface area contributed by atoms with Crippen LogP contribution in [0.1, 0.15) is 16.0 Å². The lowest BCUT2D eigenvalue weighted by atomic mass is 9.98. The zero-order valence-electron chi connectivity index (χ0n) is 19.5. The van der Waals surface area contributed by atoms with Crippen LogP contribution in [0.25, 0.3) is 5.57 Å². The molecule has 2 aliphatic rings. The summed E-state index contributed by atoms with van der Waals surface area (Å²) < 4.78 is 10.8. The Kier molecular flexibility index (Phi) is 7.11. The van der Waals surface area contributed by atoms with Gasteiger partial charge in [-0.1, -0.05) is 48.5 Å². The van der Waals surface area contributed by atoms with E-state index < -0.39 is 12.0 Å². The molecule has 0 radical (unpaired) electrons. The molecule has 0 spiro atoms. The Labute approximate surface area is 217 Å². The average Bonchev–Trinajstić information content (AvgIpc) is 3.43. The van der Waals surface area contributed by atoms with Gasteiger partial charge in [-0.15, -0.1) is 23.1 Å². The van der Waals surface area contributed by atoms with Crippen molar-refractivity contribution in [3.63, 3.8) is 0 Å². The van der Waals surface area contributed by atoms with Gasteiger partial charge in [0.1, 0.15) is 29.5 Å². The quantitative estimate of drug-likeness (QED) is 0.359. The lowest BCUT2D eigenvalue weighted by molar-refractivity contribution is -0.153. The van der Waals surface area contributed by atoms with Crippen molar-refractivity contribution >= 4 is 46.5 Å². The normalized spacial score (nSPS) is 18.8. The minimum Gasteiger partial charge on any atom is -0.497 e. The number of methoxy groups -OCH3 is 1. The predicted molar refractivity (Wildman–Crippen MR) is 139 cm³/mol. The van der Waals surface area contributed by atoms with E-state index in [2.05, 4.69) is 5.32 Å². The molecule has 1 saturated heterocycles. The number of thioether (sulfide) groups is 1. The first-order valence-corrected chi connectivity index (χ1v) is 13.3. The Morgan fingerprint density at radius 1 is 1.06 bits per heavy atom. The van der Waals surface area contributed by atoms with Gasteiger partial charge in [-0.2, -0.15) is 0 Å². The lowest BCUT2D eigenvalue weighted by Crippen LogP contribution is -2.70. The number of fused-ring (bicyclic) bond motifs is 1. The summed E-state index contributed by atoms with van der Waals surface area (Å²) >= 11 is 3.03. The first-order valence-electron chi connectivity index (χ1n) is 11.4. The standard InChI is InChI=1S/C27H24N2O5S2/c1-33-19-11-9-17(10-12-19)15-34-27(32)24-21(18-6-3-2-4-7-18)16-36-26-23(25(31)29(24)26)28-22(30)14-20-8-5-13-35-20/h2-13,23,26H,14-16H2,1H3,(H,28,30)/t23-,26+/m1/s1. The highest BCUT2D eigenvalue weighted by molar-refractivity contribution is 8.00. The van der Waals surface area contributed by atoms with Crippen LogP contribution in [-0.4, -0.2) is 47.0 Å². The van der Waals surface area contributed by atoms with Gasteiger partial charge in [0.2, 0.25) is 5.91 Å². The van der Waals surface area contributed by atoms with Crippen LogP contribution in [0.5, 0.6) is 5.75 Å². The lowest BCUT2D eigenvalue weighted by Gasteiger charge is -2.49. The molecule has 0 aliphatic carbocycles.